The fourth-order valence-corrected chi connectivity index (χ4v) is 3.31. The lowest BCUT2D eigenvalue weighted by atomic mass is 10.1. The molecule has 0 aromatic carbocycles. The van der Waals surface area contributed by atoms with Crippen LogP contribution in [0.5, 0.6) is 0 Å². The Hall–Kier alpha value is -1.41. The molecule has 2 aliphatic rings. The normalized spacial score (nSPS) is 22.6. The van der Waals surface area contributed by atoms with Crippen LogP contribution < -0.4 is 16.2 Å². The van der Waals surface area contributed by atoms with Gasteiger partial charge >= 0.3 is 0 Å². The first-order valence-electron chi connectivity index (χ1n) is 6.22. The van der Waals surface area contributed by atoms with Crippen LogP contribution in [0.3, 0.4) is 0 Å². The van der Waals surface area contributed by atoms with E-state index in [0.29, 0.717) is 18.3 Å². The summed E-state index contributed by atoms with van der Waals surface area (Å²) in [5.74, 6) is 7.07. The number of aromatic nitrogens is 2. The third-order valence-electron chi connectivity index (χ3n) is 3.70. The molecule has 0 bridgehead atoms. The summed E-state index contributed by atoms with van der Waals surface area (Å²) in [6, 6.07) is 0.303. The van der Waals surface area contributed by atoms with E-state index in [4.69, 9.17) is 5.84 Å². The van der Waals surface area contributed by atoms with Gasteiger partial charge < -0.3 is 15.2 Å². The van der Waals surface area contributed by atoms with Crippen molar-refractivity contribution in [2.75, 3.05) is 30.0 Å². The fraction of sp³-hybridized carbons (Fsp3) is 0.545. The first-order valence-corrected chi connectivity index (χ1v) is 7.01. The molecule has 3 rings (SSSR count). The van der Waals surface area contributed by atoms with E-state index >= 15 is 0 Å². The Bertz CT molecular complexity index is 510. The van der Waals surface area contributed by atoms with Gasteiger partial charge in [-0.1, -0.05) is 0 Å². The van der Waals surface area contributed by atoms with Crippen molar-refractivity contribution >= 4 is 33.5 Å². The van der Waals surface area contributed by atoms with Crippen molar-refractivity contribution in [1.82, 2.24) is 14.9 Å². The molecule has 1 unspecified atom stereocenters. The second-order valence-electron chi connectivity index (χ2n) is 4.73. The molecule has 0 aliphatic carbocycles. The molecule has 3 N–H and O–H groups in total. The van der Waals surface area contributed by atoms with E-state index < -0.39 is 0 Å². The average Bonchev–Trinajstić information content (AvgIpc) is 2.80. The van der Waals surface area contributed by atoms with Gasteiger partial charge in [-0.25, -0.2) is 15.8 Å². The van der Waals surface area contributed by atoms with Gasteiger partial charge in [0.15, 0.2) is 5.82 Å². The molecule has 1 aromatic rings. The van der Waals surface area contributed by atoms with Gasteiger partial charge in [0.1, 0.15) is 16.6 Å². The Kier molecular flexibility index (Phi) is 3.28. The zero-order valence-electron chi connectivity index (χ0n) is 10.3. The molecule has 1 amide bonds. The van der Waals surface area contributed by atoms with E-state index in [-0.39, 0.29) is 5.91 Å². The van der Waals surface area contributed by atoms with Gasteiger partial charge in [-0.3, -0.25) is 4.79 Å². The Labute approximate surface area is 119 Å². The molecule has 8 heteroatoms. The summed E-state index contributed by atoms with van der Waals surface area (Å²) >= 11 is 3.47. The predicted molar refractivity (Wildman–Crippen MR) is 74.5 cm³/mol. The van der Waals surface area contributed by atoms with Crippen molar-refractivity contribution in [2.24, 2.45) is 5.84 Å². The summed E-state index contributed by atoms with van der Waals surface area (Å²) in [4.78, 5) is 24.2. The topological polar surface area (TPSA) is 87.4 Å². The van der Waals surface area contributed by atoms with Crippen LogP contribution in [0.2, 0.25) is 0 Å². The quantitative estimate of drug-likeness (QED) is 0.601. The zero-order valence-corrected chi connectivity index (χ0v) is 11.9. The number of nitrogen functional groups attached to an aromatic ring is 1. The van der Waals surface area contributed by atoms with Gasteiger partial charge in [0.05, 0.1) is 0 Å². The summed E-state index contributed by atoms with van der Waals surface area (Å²) in [7, 11) is 0. The lowest BCUT2D eigenvalue weighted by Crippen LogP contribution is -2.51. The molecule has 2 fully saturated rings. The third kappa shape index (κ3) is 2.14. The van der Waals surface area contributed by atoms with Crippen LogP contribution in [0.1, 0.15) is 12.8 Å². The smallest absolute Gasteiger partial charge is 0.223 e. The highest BCUT2D eigenvalue weighted by Gasteiger charge is 2.36. The summed E-state index contributed by atoms with van der Waals surface area (Å²) in [6.07, 6.45) is 3.08. The van der Waals surface area contributed by atoms with E-state index in [1.807, 2.05) is 4.90 Å². The van der Waals surface area contributed by atoms with E-state index in [2.05, 4.69) is 36.2 Å². The predicted octanol–water partition coefficient (Wildman–Crippen LogP) is 0.336. The minimum Gasteiger partial charge on any atom is -0.352 e. The molecule has 102 valence electrons. The summed E-state index contributed by atoms with van der Waals surface area (Å²) < 4.78 is 0.760. The molecule has 1 aromatic heterocycles. The summed E-state index contributed by atoms with van der Waals surface area (Å²) in [6.45, 7) is 2.35. The van der Waals surface area contributed by atoms with Gasteiger partial charge in [0.2, 0.25) is 5.91 Å². The lowest BCUT2D eigenvalue weighted by Gasteiger charge is -2.38. The molecule has 0 saturated carbocycles. The maximum Gasteiger partial charge on any atom is 0.223 e. The molecule has 0 spiro atoms. The highest BCUT2D eigenvalue weighted by molar-refractivity contribution is 9.10. The van der Waals surface area contributed by atoms with Crippen LogP contribution in [0, 0.1) is 0 Å². The van der Waals surface area contributed by atoms with Crippen LogP contribution in [-0.2, 0) is 4.79 Å². The molecular weight excluding hydrogens is 312 g/mol. The van der Waals surface area contributed by atoms with Crippen LogP contribution in [0.15, 0.2) is 10.8 Å². The molecule has 7 nitrogen and oxygen atoms in total. The fourth-order valence-electron chi connectivity index (χ4n) is 2.74. The van der Waals surface area contributed by atoms with E-state index in [0.717, 1.165) is 36.3 Å². The van der Waals surface area contributed by atoms with Crippen LogP contribution in [0.4, 0.5) is 11.6 Å². The van der Waals surface area contributed by atoms with Crippen molar-refractivity contribution in [3.8, 4) is 0 Å². The van der Waals surface area contributed by atoms with Gasteiger partial charge in [-0.2, -0.15) is 0 Å². The van der Waals surface area contributed by atoms with Crippen molar-refractivity contribution in [2.45, 2.75) is 18.9 Å². The van der Waals surface area contributed by atoms with Gasteiger partial charge in [-0.05, 0) is 22.4 Å². The molecule has 19 heavy (non-hydrogen) atoms. The number of hydrazine groups is 1. The number of carbonyl (C=O) groups is 1. The highest BCUT2D eigenvalue weighted by Crippen LogP contribution is 2.32. The van der Waals surface area contributed by atoms with E-state index in [1.165, 1.54) is 6.33 Å². The number of piperazine rings is 1. The number of nitrogens with one attached hydrogen (secondary N) is 1. The lowest BCUT2D eigenvalue weighted by molar-refractivity contribution is -0.129. The summed E-state index contributed by atoms with van der Waals surface area (Å²) in [5.41, 5.74) is 2.54. The molecule has 2 aliphatic heterocycles. The van der Waals surface area contributed by atoms with Crippen molar-refractivity contribution in [3.63, 3.8) is 0 Å². The van der Waals surface area contributed by atoms with Crippen molar-refractivity contribution in [1.29, 1.82) is 0 Å². The number of halogens is 1. The van der Waals surface area contributed by atoms with E-state index in [9.17, 15) is 4.79 Å². The van der Waals surface area contributed by atoms with E-state index in [1.54, 1.807) is 0 Å². The second kappa shape index (κ2) is 4.93. The molecular formula is C11H15BrN6O. The number of hydrogen-bond acceptors (Lipinski definition) is 6. The van der Waals surface area contributed by atoms with Crippen LogP contribution >= 0.6 is 15.9 Å². The molecule has 1 atom stereocenters. The summed E-state index contributed by atoms with van der Waals surface area (Å²) in [5, 5.41) is 0. The first-order chi connectivity index (χ1) is 9.20. The number of nitrogens with two attached hydrogens (primary N) is 1. The van der Waals surface area contributed by atoms with Gasteiger partial charge in [0.25, 0.3) is 0 Å². The minimum atomic E-state index is 0.274. The third-order valence-corrected chi connectivity index (χ3v) is 4.43. The second-order valence-corrected chi connectivity index (χ2v) is 5.52. The largest absolute Gasteiger partial charge is 0.352 e. The number of nitrogens with zero attached hydrogens (tertiary/aromatic N) is 4. The van der Waals surface area contributed by atoms with Gasteiger partial charge in [-0.15, -0.1) is 0 Å². The number of hydrogen-bond donors (Lipinski definition) is 2. The number of anilines is 2. The Morgan fingerprint density at radius 3 is 3.05 bits per heavy atom. The number of rotatable bonds is 2. The monoisotopic (exact) mass is 326 g/mol. The van der Waals surface area contributed by atoms with Crippen LogP contribution in [-0.4, -0.2) is 46.5 Å². The highest BCUT2D eigenvalue weighted by atomic mass is 79.9. The zero-order chi connectivity index (χ0) is 13.4. The number of amides is 1. The Morgan fingerprint density at radius 2 is 2.26 bits per heavy atom. The Balaban J connectivity index is 1.83. The van der Waals surface area contributed by atoms with Crippen molar-refractivity contribution < 1.29 is 4.79 Å². The maximum absolute atomic E-state index is 11.7. The van der Waals surface area contributed by atoms with Crippen LogP contribution in [0.25, 0.3) is 0 Å². The minimum absolute atomic E-state index is 0.274. The maximum atomic E-state index is 11.7. The standard InChI is InChI=1S/C11H15BrN6O/c12-9-10(16-13)14-6-15-11(9)17-3-4-18-7(5-17)1-2-8(18)19/h6-7H,1-5,13H2,(H,14,15,16). The number of carbonyl (C=O) groups excluding carboxylic acids is 1. The van der Waals surface area contributed by atoms with Crippen molar-refractivity contribution in [3.05, 3.63) is 10.8 Å². The molecule has 0 radical (unpaired) electrons. The Morgan fingerprint density at radius 1 is 1.42 bits per heavy atom. The SMILES string of the molecule is NNc1ncnc(N2CCN3C(=O)CCC3C2)c1Br. The first kappa shape index (κ1) is 12.6. The molecule has 2 saturated heterocycles. The number of fused-ring (bicyclic) bond motifs is 1. The van der Waals surface area contributed by atoms with Gasteiger partial charge in [0, 0.05) is 32.1 Å². The average molecular weight is 327 g/mol. The molecule has 3 heterocycles.